The predicted molar refractivity (Wildman–Crippen MR) is 64.1 cm³/mol. The van der Waals surface area contributed by atoms with Gasteiger partial charge < -0.3 is 10.2 Å². The molecule has 3 nitrogen and oxygen atoms in total. The van der Waals surface area contributed by atoms with Crippen LogP contribution in [0.15, 0.2) is 24.3 Å². The highest BCUT2D eigenvalue weighted by Gasteiger charge is 2.14. The van der Waals surface area contributed by atoms with E-state index in [4.69, 9.17) is 34.8 Å². The van der Waals surface area contributed by atoms with Crippen molar-refractivity contribution < 1.29 is 10.2 Å². The lowest BCUT2D eigenvalue weighted by Crippen LogP contribution is -1.92. The number of benzene rings is 1. The van der Waals surface area contributed by atoms with Crippen LogP contribution in [0.1, 0.15) is 0 Å². The smallest absolute Gasteiger partial charge is 0.217 e. The Bertz CT molecular complexity index is 531. The van der Waals surface area contributed by atoms with Crippen molar-refractivity contribution in [1.29, 1.82) is 0 Å². The van der Waals surface area contributed by atoms with Crippen LogP contribution in [0.25, 0.3) is 5.69 Å². The van der Waals surface area contributed by atoms with Gasteiger partial charge in [-0.3, -0.25) is 4.57 Å². The average Bonchev–Trinajstić information content (AvgIpc) is 2.39. The van der Waals surface area contributed by atoms with Crippen LogP contribution in [-0.2, 0) is 0 Å². The molecule has 6 heteroatoms. The van der Waals surface area contributed by atoms with E-state index in [-0.39, 0.29) is 16.8 Å². The number of aromatic nitrogens is 1. The number of hydrogen-bond donors (Lipinski definition) is 2. The minimum Gasteiger partial charge on any atom is -0.494 e. The first kappa shape index (κ1) is 11.5. The molecule has 16 heavy (non-hydrogen) atoms. The van der Waals surface area contributed by atoms with Crippen LogP contribution < -0.4 is 0 Å². The van der Waals surface area contributed by atoms with E-state index in [1.807, 2.05) is 0 Å². The third-order valence-corrected chi connectivity index (χ3v) is 2.73. The molecule has 0 saturated carbocycles. The molecular formula is C10H6Cl3NO2. The van der Waals surface area contributed by atoms with Gasteiger partial charge in [0, 0.05) is 16.1 Å². The van der Waals surface area contributed by atoms with E-state index in [9.17, 15) is 10.2 Å². The quantitative estimate of drug-likeness (QED) is 0.832. The zero-order valence-corrected chi connectivity index (χ0v) is 10.1. The maximum absolute atomic E-state index is 9.64. The van der Waals surface area contributed by atoms with Gasteiger partial charge in [-0.1, -0.05) is 34.8 Å². The van der Waals surface area contributed by atoms with E-state index in [1.54, 1.807) is 18.2 Å². The molecule has 0 spiro atoms. The molecule has 1 aromatic heterocycles. The molecule has 0 radical (unpaired) electrons. The molecule has 0 aliphatic carbocycles. The van der Waals surface area contributed by atoms with Crippen molar-refractivity contribution >= 4 is 34.8 Å². The van der Waals surface area contributed by atoms with Gasteiger partial charge in [-0.05, 0) is 18.2 Å². The van der Waals surface area contributed by atoms with Gasteiger partial charge in [-0.15, -0.1) is 0 Å². The molecule has 0 saturated heterocycles. The summed E-state index contributed by atoms with van der Waals surface area (Å²) in [6.45, 7) is 0. The van der Waals surface area contributed by atoms with E-state index in [0.29, 0.717) is 15.7 Å². The molecule has 0 bridgehead atoms. The van der Waals surface area contributed by atoms with Crippen LogP contribution in [0.2, 0.25) is 15.1 Å². The number of nitrogens with zero attached hydrogens (tertiary/aromatic N) is 1. The van der Waals surface area contributed by atoms with Crippen molar-refractivity contribution in [3.05, 3.63) is 39.3 Å². The molecule has 0 atom stereocenters. The lowest BCUT2D eigenvalue weighted by molar-refractivity contribution is 0.403. The second kappa shape index (κ2) is 4.09. The second-order valence-corrected chi connectivity index (χ2v) is 4.42. The molecule has 2 N–H and O–H groups in total. The van der Waals surface area contributed by atoms with Gasteiger partial charge in [-0.25, -0.2) is 0 Å². The lowest BCUT2D eigenvalue weighted by Gasteiger charge is -2.07. The molecule has 0 amide bonds. The third-order valence-electron chi connectivity index (χ3n) is 2.02. The van der Waals surface area contributed by atoms with Gasteiger partial charge >= 0.3 is 0 Å². The summed E-state index contributed by atoms with van der Waals surface area (Å²) in [5, 5.41) is 20.1. The molecule has 0 unspecified atom stereocenters. The predicted octanol–water partition coefficient (Wildman–Crippen LogP) is 3.85. The fourth-order valence-corrected chi connectivity index (χ4v) is 2.08. The van der Waals surface area contributed by atoms with E-state index < -0.39 is 0 Å². The summed E-state index contributed by atoms with van der Waals surface area (Å²) in [6, 6.07) is 5.87. The topological polar surface area (TPSA) is 45.4 Å². The molecule has 2 rings (SSSR count). The zero-order valence-electron chi connectivity index (χ0n) is 7.78. The van der Waals surface area contributed by atoms with E-state index in [2.05, 4.69) is 0 Å². The summed E-state index contributed by atoms with van der Waals surface area (Å²) in [7, 11) is 0. The molecule has 0 aliphatic rings. The van der Waals surface area contributed by atoms with Crippen LogP contribution in [0.5, 0.6) is 11.8 Å². The highest BCUT2D eigenvalue weighted by molar-refractivity contribution is 6.35. The fraction of sp³-hybridized carbons (Fsp3) is 0. The van der Waals surface area contributed by atoms with Gasteiger partial charge in [0.2, 0.25) is 5.88 Å². The first-order valence-electron chi connectivity index (χ1n) is 4.24. The fourth-order valence-electron chi connectivity index (χ4n) is 1.38. The second-order valence-electron chi connectivity index (χ2n) is 3.14. The van der Waals surface area contributed by atoms with Gasteiger partial charge in [0.25, 0.3) is 0 Å². The number of rotatable bonds is 1. The largest absolute Gasteiger partial charge is 0.494 e. The molecule has 1 heterocycles. The summed E-state index contributed by atoms with van der Waals surface area (Å²) in [5.74, 6) is -0.460. The Morgan fingerprint density at radius 3 is 1.88 bits per heavy atom. The summed E-state index contributed by atoms with van der Waals surface area (Å²) < 4.78 is 1.14. The summed E-state index contributed by atoms with van der Waals surface area (Å²) >= 11 is 17.3. The van der Waals surface area contributed by atoms with Crippen LogP contribution in [0, 0.1) is 0 Å². The Labute approximate surface area is 106 Å². The van der Waals surface area contributed by atoms with Crippen molar-refractivity contribution in [2.75, 3.05) is 0 Å². The number of hydrogen-bond acceptors (Lipinski definition) is 2. The Kier molecular flexibility index (Phi) is 2.93. The van der Waals surface area contributed by atoms with Gasteiger partial charge in [0.15, 0.2) is 5.88 Å². The Balaban J connectivity index is 2.67. The summed E-state index contributed by atoms with van der Waals surface area (Å²) in [5.41, 5.74) is 0.430. The Morgan fingerprint density at radius 1 is 0.875 bits per heavy atom. The van der Waals surface area contributed by atoms with Gasteiger partial charge in [0.05, 0.1) is 5.69 Å². The van der Waals surface area contributed by atoms with Crippen LogP contribution in [-0.4, -0.2) is 14.8 Å². The van der Waals surface area contributed by atoms with Crippen LogP contribution in [0.4, 0.5) is 0 Å². The van der Waals surface area contributed by atoms with Crippen molar-refractivity contribution in [2.45, 2.75) is 0 Å². The average molecular weight is 279 g/mol. The van der Waals surface area contributed by atoms with Crippen LogP contribution >= 0.6 is 34.8 Å². The first-order valence-corrected chi connectivity index (χ1v) is 5.38. The molecule has 84 valence electrons. The van der Waals surface area contributed by atoms with Crippen molar-refractivity contribution in [3.8, 4) is 17.4 Å². The molecule has 0 aliphatic heterocycles. The highest BCUT2D eigenvalue weighted by Crippen LogP contribution is 2.36. The van der Waals surface area contributed by atoms with Gasteiger partial charge in [-0.2, -0.15) is 0 Å². The first-order chi connectivity index (χ1) is 7.49. The Morgan fingerprint density at radius 2 is 1.44 bits per heavy atom. The van der Waals surface area contributed by atoms with E-state index in [0.717, 1.165) is 4.57 Å². The summed E-state index contributed by atoms with van der Waals surface area (Å²) in [6.07, 6.45) is 0. The molecule has 1 aromatic carbocycles. The monoisotopic (exact) mass is 277 g/mol. The van der Waals surface area contributed by atoms with E-state index >= 15 is 0 Å². The van der Waals surface area contributed by atoms with Crippen molar-refractivity contribution in [1.82, 2.24) is 4.57 Å². The normalized spacial score (nSPS) is 10.7. The molecular weight excluding hydrogens is 272 g/mol. The van der Waals surface area contributed by atoms with Gasteiger partial charge in [0.1, 0.15) is 5.02 Å². The van der Waals surface area contributed by atoms with Crippen molar-refractivity contribution in [3.63, 3.8) is 0 Å². The number of aromatic hydroxyl groups is 2. The maximum atomic E-state index is 9.64. The SMILES string of the molecule is Oc1cc(Cl)c(O)n1-c1cc(Cl)cc(Cl)c1. The third kappa shape index (κ3) is 1.94. The molecule has 0 fully saturated rings. The highest BCUT2D eigenvalue weighted by atomic mass is 35.5. The maximum Gasteiger partial charge on any atom is 0.217 e. The number of halogens is 3. The Hall–Kier alpha value is -1.03. The van der Waals surface area contributed by atoms with Crippen molar-refractivity contribution in [2.24, 2.45) is 0 Å². The van der Waals surface area contributed by atoms with Crippen LogP contribution in [0.3, 0.4) is 0 Å². The van der Waals surface area contributed by atoms with E-state index in [1.165, 1.54) is 6.07 Å². The summed E-state index contributed by atoms with van der Waals surface area (Å²) in [4.78, 5) is 0. The minimum absolute atomic E-state index is 0.0496. The lowest BCUT2D eigenvalue weighted by atomic mass is 10.3. The molecule has 2 aromatic rings. The standard InChI is InChI=1S/C10H6Cl3NO2/c11-5-1-6(12)3-7(2-5)14-9(15)4-8(13)10(14)16/h1-4,15-16H. The minimum atomic E-state index is -0.266. The zero-order chi connectivity index (χ0) is 11.9.